The smallest absolute Gasteiger partial charge is 0.258 e. The third kappa shape index (κ3) is 3.29. The second kappa shape index (κ2) is 6.08. The Morgan fingerprint density at radius 3 is 2.45 bits per heavy atom. The minimum Gasteiger partial charge on any atom is -0.321 e. The molecule has 0 saturated carbocycles. The highest BCUT2D eigenvalue weighted by Gasteiger charge is 2.16. The van der Waals surface area contributed by atoms with Crippen molar-refractivity contribution in [3.8, 4) is 0 Å². The standard InChI is InChI=1S/C13H6BrCl2F2NO/c14-6-1-2-8(15)12(3-6)19-13(20)7-4-11(18)9(16)5-10(7)17/h1-5H,(H,19,20). The molecule has 2 aromatic carbocycles. The van der Waals surface area contributed by atoms with Gasteiger partial charge in [-0.25, -0.2) is 8.78 Å². The molecule has 0 aliphatic carbocycles. The summed E-state index contributed by atoms with van der Waals surface area (Å²) in [7, 11) is 0. The Bertz CT molecular complexity index is 694. The number of amides is 1. The quantitative estimate of drug-likeness (QED) is 0.705. The maximum Gasteiger partial charge on any atom is 0.258 e. The highest BCUT2D eigenvalue weighted by molar-refractivity contribution is 9.10. The number of hydrogen-bond donors (Lipinski definition) is 1. The number of halogens is 5. The summed E-state index contributed by atoms with van der Waals surface area (Å²) in [5.41, 5.74) is -0.177. The van der Waals surface area contributed by atoms with Crippen LogP contribution in [-0.4, -0.2) is 5.91 Å². The molecular formula is C13H6BrCl2F2NO. The van der Waals surface area contributed by atoms with Gasteiger partial charge in [0.05, 0.1) is 21.3 Å². The van der Waals surface area contributed by atoms with E-state index in [1.165, 1.54) is 0 Å². The van der Waals surface area contributed by atoms with Gasteiger partial charge in [0.1, 0.15) is 11.6 Å². The van der Waals surface area contributed by atoms with Gasteiger partial charge in [-0.1, -0.05) is 39.1 Å². The highest BCUT2D eigenvalue weighted by Crippen LogP contribution is 2.27. The van der Waals surface area contributed by atoms with Gasteiger partial charge in [0, 0.05) is 4.47 Å². The first kappa shape index (κ1) is 15.2. The minimum absolute atomic E-state index is 0.274. The number of rotatable bonds is 2. The van der Waals surface area contributed by atoms with E-state index in [-0.39, 0.29) is 15.7 Å². The van der Waals surface area contributed by atoms with E-state index in [9.17, 15) is 13.6 Å². The van der Waals surface area contributed by atoms with Gasteiger partial charge in [0.25, 0.3) is 5.91 Å². The SMILES string of the molecule is O=C(Nc1cc(Br)ccc1Cl)c1cc(F)c(Cl)cc1F. The Morgan fingerprint density at radius 1 is 1.05 bits per heavy atom. The fraction of sp³-hybridized carbons (Fsp3) is 0. The number of hydrogen-bond acceptors (Lipinski definition) is 1. The first-order valence-electron chi connectivity index (χ1n) is 5.29. The summed E-state index contributed by atoms with van der Waals surface area (Å²) in [5, 5.41) is 2.29. The lowest BCUT2D eigenvalue weighted by molar-refractivity contribution is 0.102. The van der Waals surface area contributed by atoms with Crippen LogP contribution in [-0.2, 0) is 0 Å². The second-order valence-electron chi connectivity index (χ2n) is 3.82. The lowest BCUT2D eigenvalue weighted by Crippen LogP contribution is -2.14. The summed E-state index contributed by atoms with van der Waals surface area (Å²) in [6, 6.07) is 6.26. The van der Waals surface area contributed by atoms with Gasteiger partial charge in [-0.15, -0.1) is 0 Å². The molecule has 0 radical (unpaired) electrons. The predicted octanol–water partition coefficient (Wildman–Crippen LogP) is 5.29. The molecule has 104 valence electrons. The Balaban J connectivity index is 2.33. The van der Waals surface area contributed by atoms with Gasteiger partial charge < -0.3 is 5.32 Å². The summed E-state index contributed by atoms with van der Waals surface area (Å²) < 4.78 is 27.6. The van der Waals surface area contributed by atoms with Gasteiger partial charge in [-0.05, 0) is 30.3 Å². The zero-order chi connectivity index (χ0) is 14.9. The Kier molecular flexibility index (Phi) is 4.62. The summed E-state index contributed by atoms with van der Waals surface area (Å²) in [4.78, 5) is 11.9. The van der Waals surface area contributed by atoms with E-state index in [1.807, 2.05) is 0 Å². The van der Waals surface area contributed by atoms with Crippen molar-refractivity contribution in [1.82, 2.24) is 0 Å². The molecule has 0 heterocycles. The summed E-state index contributed by atoms with van der Waals surface area (Å²) in [6.45, 7) is 0. The molecule has 0 aliphatic heterocycles. The number of carbonyl (C=O) groups is 1. The predicted molar refractivity (Wildman–Crippen MR) is 78.5 cm³/mol. The molecule has 1 amide bonds. The van der Waals surface area contributed by atoms with Crippen molar-refractivity contribution in [3.63, 3.8) is 0 Å². The number of benzene rings is 2. The molecule has 0 saturated heterocycles. The summed E-state index contributed by atoms with van der Waals surface area (Å²) in [5.74, 6) is -2.61. The molecule has 2 rings (SSSR count). The molecule has 20 heavy (non-hydrogen) atoms. The molecule has 0 atom stereocenters. The van der Waals surface area contributed by atoms with Crippen molar-refractivity contribution in [2.24, 2.45) is 0 Å². The molecule has 2 nitrogen and oxygen atoms in total. The molecular weight excluding hydrogens is 375 g/mol. The Morgan fingerprint density at radius 2 is 1.75 bits per heavy atom. The van der Waals surface area contributed by atoms with E-state index < -0.39 is 23.1 Å². The Labute approximate surface area is 131 Å². The first-order valence-corrected chi connectivity index (χ1v) is 6.84. The van der Waals surface area contributed by atoms with Crippen molar-refractivity contribution in [3.05, 3.63) is 62.0 Å². The molecule has 0 spiro atoms. The van der Waals surface area contributed by atoms with Gasteiger partial charge in [0.2, 0.25) is 0 Å². The van der Waals surface area contributed by atoms with Gasteiger partial charge in [-0.3, -0.25) is 4.79 Å². The molecule has 0 unspecified atom stereocenters. The molecule has 2 aromatic rings. The van der Waals surface area contributed by atoms with Crippen molar-refractivity contribution in [1.29, 1.82) is 0 Å². The van der Waals surface area contributed by atoms with Crippen LogP contribution in [0.4, 0.5) is 14.5 Å². The van der Waals surface area contributed by atoms with Crippen LogP contribution in [0.1, 0.15) is 10.4 Å². The maximum atomic E-state index is 13.6. The second-order valence-corrected chi connectivity index (χ2v) is 5.55. The highest BCUT2D eigenvalue weighted by atomic mass is 79.9. The van der Waals surface area contributed by atoms with E-state index in [2.05, 4.69) is 21.2 Å². The topological polar surface area (TPSA) is 29.1 Å². The number of nitrogens with one attached hydrogen (secondary N) is 1. The van der Waals surface area contributed by atoms with E-state index in [4.69, 9.17) is 23.2 Å². The lowest BCUT2D eigenvalue weighted by Gasteiger charge is -2.09. The Hall–Kier alpha value is -1.17. The van der Waals surface area contributed by atoms with Crippen LogP contribution < -0.4 is 5.32 Å². The monoisotopic (exact) mass is 379 g/mol. The maximum absolute atomic E-state index is 13.6. The fourth-order valence-corrected chi connectivity index (χ4v) is 2.16. The largest absolute Gasteiger partial charge is 0.321 e. The van der Waals surface area contributed by atoms with E-state index >= 15 is 0 Å². The average Bonchev–Trinajstić information content (AvgIpc) is 2.38. The van der Waals surface area contributed by atoms with Crippen molar-refractivity contribution >= 4 is 50.7 Å². The van der Waals surface area contributed by atoms with Crippen LogP contribution >= 0.6 is 39.1 Å². The van der Waals surface area contributed by atoms with Gasteiger partial charge in [0.15, 0.2) is 0 Å². The van der Waals surface area contributed by atoms with Crippen LogP contribution in [0, 0.1) is 11.6 Å². The normalized spacial score (nSPS) is 10.4. The van der Waals surface area contributed by atoms with Crippen molar-refractivity contribution in [2.75, 3.05) is 5.32 Å². The fourth-order valence-electron chi connectivity index (χ4n) is 1.48. The van der Waals surface area contributed by atoms with Crippen LogP contribution in [0.25, 0.3) is 0 Å². The molecule has 0 bridgehead atoms. The number of anilines is 1. The summed E-state index contributed by atoms with van der Waals surface area (Å²) in [6.07, 6.45) is 0. The van der Waals surface area contributed by atoms with Gasteiger partial charge >= 0.3 is 0 Å². The first-order chi connectivity index (χ1) is 9.38. The molecule has 0 fully saturated rings. The van der Waals surface area contributed by atoms with Crippen LogP contribution in [0.2, 0.25) is 10.0 Å². The van der Waals surface area contributed by atoms with Crippen LogP contribution in [0.5, 0.6) is 0 Å². The molecule has 0 aliphatic rings. The third-order valence-electron chi connectivity index (χ3n) is 2.43. The van der Waals surface area contributed by atoms with E-state index in [0.29, 0.717) is 4.47 Å². The third-order valence-corrected chi connectivity index (χ3v) is 3.54. The minimum atomic E-state index is -0.917. The zero-order valence-electron chi connectivity index (χ0n) is 9.68. The van der Waals surface area contributed by atoms with E-state index in [0.717, 1.165) is 12.1 Å². The van der Waals surface area contributed by atoms with Crippen molar-refractivity contribution < 1.29 is 13.6 Å². The average molecular weight is 381 g/mol. The number of carbonyl (C=O) groups excluding carboxylic acids is 1. The van der Waals surface area contributed by atoms with Gasteiger partial charge in [-0.2, -0.15) is 0 Å². The molecule has 1 N–H and O–H groups in total. The van der Waals surface area contributed by atoms with Crippen LogP contribution in [0.3, 0.4) is 0 Å². The zero-order valence-corrected chi connectivity index (χ0v) is 12.8. The lowest BCUT2D eigenvalue weighted by atomic mass is 10.2. The molecule has 7 heteroatoms. The molecule has 0 aromatic heterocycles. The summed E-state index contributed by atoms with van der Waals surface area (Å²) >= 11 is 14.5. The van der Waals surface area contributed by atoms with E-state index in [1.54, 1.807) is 18.2 Å². The van der Waals surface area contributed by atoms with Crippen LogP contribution in [0.15, 0.2) is 34.8 Å². The van der Waals surface area contributed by atoms with Crippen molar-refractivity contribution in [2.45, 2.75) is 0 Å².